The number of carbonyl (C=O) groups excluding carboxylic acids is 2. The first kappa shape index (κ1) is 18.6. The van der Waals surface area contributed by atoms with Gasteiger partial charge in [0.05, 0.1) is 30.0 Å². The van der Waals surface area contributed by atoms with Gasteiger partial charge in [0.25, 0.3) is 5.91 Å². The van der Waals surface area contributed by atoms with Crippen LogP contribution in [0.4, 0.5) is 10.1 Å². The number of fused-ring (bicyclic) bond motifs is 1. The normalized spacial score (nSPS) is 22.5. The minimum Gasteiger partial charge on any atom is -0.452 e. The van der Waals surface area contributed by atoms with Gasteiger partial charge in [-0.25, -0.2) is 9.18 Å². The number of amides is 1. The Balaban J connectivity index is 1.58. The van der Waals surface area contributed by atoms with Crippen molar-refractivity contribution in [1.29, 1.82) is 0 Å². The molecule has 3 rings (SSSR count). The lowest BCUT2D eigenvalue weighted by Gasteiger charge is -2.43. The van der Waals surface area contributed by atoms with Gasteiger partial charge in [0.15, 0.2) is 6.61 Å². The van der Waals surface area contributed by atoms with E-state index in [1.54, 1.807) is 23.9 Å². The molecule has 1 amide bonds. The fourth-order valence-corrected chi connectivity index (χ4v) is 3.70. The van der Waals surface area contributed by atoms with Crippen molar-refractivity contribution >= 4 is 17.6 Å². The maximum atomic E-state index is 14.0. The van der Waals surface area contributed by atoms with Gasteiger partial charge in [-0.3, -0.25) is 4.79 Å². The lowest BCUT2D eigenvalue weighted by molar-refractivity contribution is -0.152. The Morgan fingerprint density at radius 2 is 2.08 bits per heavy atom. The molecule has 142 valence electrons. The van der Waals surface area contributed by atoms with Crippen LogP contribution in [-0.2, 0) is 14.3 Å². The van der Waals surface area contributed by atoms with Gasteiger partial charge in [-0.1, -0.05) is 12.8 Å². The van der Waals surface area contributed by atoms with Gasteiger partial charge >= 0.3 is 5.97 Å². The summed E-state index contributed by atoms with van der Waals surface area (Å²) in [4.78, 5) is 28.1. The number of nitrogens with zero attached hydrogens (tertiary/aromatic N) is 2. The summed E-state index contributed by atoms with van der Waals surface area (Å²) in [7, 11) is 3.44. The molecule has 26 heavy (non-hydrogen) atoms. The molecular weight excluding hydrogens is 339 g/mol. The number of esters is 1. The van der Waals surface area contributed by atoms with E-state index < -0.39 is 11.8 Å². The molecule has 1 aliphatic carbocycles. The molecule has 1 saturated heterocycles. The van der Waals surface area contributed by atoms with Crippen molar-refractivity contribution in [2.75, 3.05) is 38.8 Å². The largest absolute Gasteiger partial charge is 0.452 e. The lowest BCUT2D eigenvalue weighted by Crippen LogP contribution is -2.55. The SMILES string of the molecule is CN(C)c1ccc(C(=O)OCC(=O)N2CCO[C@@H]3CCCC[C@@H]32)cc1F. The van der Waals surface area contributed by atoms with Crippen LogP contribution >= 0.6 is 0 Å². The highest BCUT2D eigenvalue weighted by atomic mass is 19.1. The lowest BCUT2D eigenvalue weighted by atomic mass is 9.90. The number of anilines is 1. The average molecular weight is 364 g/mol. The number of ether oxygens (including phenoxy) is 2. The zero-order valence-corrected chi connectivity index (χ0v) is 15.2. The molecule has 7 heteroatoms. The summed E-state index contributed by atoms with van der Waals surface area (Å²) in [6.07, 6.45) is 4.16. The molecular formula is C19H25FN2O4. The van der Waals surface area contributed by atoms with Gasteiger partial charge in [0.2, 0.25) is 0 Å². The third kappa shape index (κ3) is 3.98. The minimum atomic E-state index is -0.698. The zero-order chi connectivity index (χ0) is 18.7. The van der Waals surface area contributed by atoms with Crippen LogP contribution < -0.4 is 4.90 Å². The third-order valence-electron chi connectivity index (χ3n) is 5.04. The monoisotopic (exact) mass is 364 g/mol. The van der Waals surface area contributed by atoms with Crippen molar-refractivity contribution in [3.05, 3.63) is 29.6 Å². The van der Waals surface area contributed by atoms with Crippen LogP contribution in [-0.4, -0.2) is 62.8 Å². The zero-order valence-electron chi connectivity index (χ0n) is 15.2. The fourth-order valence-electron chi connectivity index (χ4n) is 3.70. The van der Waals surface area contributed by atoms with Crippen LogP contribution in [0, 0.1) is 5.82 Å². The predicted molar refractivity (Wildman–Crippen MR) is 94.7 cm³/mol. The van der Waals surface area contributed by atoms with E-state index in [4.69, 9.17) is 9.47 Å². The Morgan fingerprint density at radius 3 is 2.81 bits per heavy atom. The van der Waals surface area contributed by atoms with Crippen molar-refractivity contribution < 1.29 is 23.5 Å². The van der Waals surface area contributed by atoms with Gasteiger partial charge < -0.3 is 19.3 Å². The summed E-state index contributed by atoms with van der Waals surface area (Å²) in [6.45, 7) is 0.695. The molecule has 2 atom stereocenters. The van der Waals surface area contributed by atoms with Gasteiger partial charge in [0, 0.05) is 20.6 Å². The summed E-state index contributed by atoms with van der Waals surface area (Å²) < 4.78 is 24.9. The van der Waals surface area contributed by atoms with E-state index in [-0.39, 0.29) is 30.2 Å². The van der Waals surface area contributed by atoms with Crippen LogP contribution in [0.25, 0.3) is 0 Å². The van der Waals surface area contributed by atoms with Gasteiger partial charge in [-0.15, -0.1) is 0 Å². The second-order valence-corrected chi connectivity index (χ2v) is 6.98. The Kier molecular flexibility index (Phi) is 5.76. The van der Waals surface area contributed by atoms with Crippen molar-refractivity contribution in [2.45, 2.75) is 37.8 Å². The number of rotatable bonds is 4. The molecule has 2 aliphatic rings. The molecule has 1 aliphatic heterocycles. The topological polar surface area (TPSA) is 59.1 Å². The average Bonchev–Trinajstić information content (AvgIpc) is 2.65. The minimum absolute atomic E-state index is 0.0699. The molecule has 0 bridgehead atoms. The summed E-state index contributed by atoms with van der Waals surface area (Å²) in [5.74, 6) is -1.42. The number of benzene rings is 1. The van der Waals surface area contributed by atoms with E-state index in [9.17, 15) is 14.0 Å². The van der Waals surface area contributed by atoms with E-state index >= 15 is 0 Å². The van der Waals surface area contributed by atoms with Crippen LogP contribution in [0.2, 0.25) is 0 Å². The van der Waals surface area contributed by atoms with E-state index in [1.807, 2.05) is 0 Å². The highest BCUT2D eigenvalue weighted by Crippen LogP contribution is 2.28. The first-order valence-electron chi connectivity index (χ1n) is 9.02. The van der Waals surface area contributed by atoms with Crippen LogP contribution in [0.3, 0.4) is 0 Å². The van der Waals surface area contributed by atoms with E-state index in [1.165, 1.54) is 12.1 Å². The van der Waals surface area contributed by atoms with E-state index in [0.29, 0.717) is 18.8 Å². The number of carbonyl (C=O) groups is 2. The number of halogens is 1. The van der Waals surface area contributed by atoms with Crippen LogP contribution in [0.1, 0.15) is 36.0 Å². The molecule has 0 spiro atoms. The van der Waals surface area contributed by atoms with E-state index in [0.717, 1.165) is 31.7 Å². The molecule has 0 unspecified atom stereocenters. The Morgan fingerprint density at radius 1 is 1.31 bits per heavy atom. The molecule has 2 fully saturated rings. The molecule has 1 saturated carbocycles. The van der Waals surface area contributed by atoms with Gasteiger partial charge in [0.1, 0.15) is 5.82 Å². The summed E-state index contributed by atoms with van der Waals surface area (Å²) in [6, 6.07) is 4.22. The molecule has 1 aromatic rings. The number of hydrogen-bond donors (Lipinski definition) is 0. The Hall–Kier alpha value is -2.15. The summed E-state index contributed by atoms with van der Waals surface area (Å²) in [5.41, 5.74) is 0.479. The van der Waals surface area contributed by atoms with Crippen LogP contribution in [0.5, 0.6) is 0 Å². The van der Waals surface area contributed by atoms with Crippen molar-refractivity contribution in [1.82, 2.24) is 4.90 Å². The van der Waals surface area contributed by atoms with Gasteiger partial charge in [-0.05, 0) is 31.0 Å². The smallest absolute Gasteiger partial charge is 0.338 e. The van der Waals surface area contributed by atoms with Crippen molar-refractivity contribution in [3.8, 4) is 0 Å². The maximum Gasteiger partial charge on any atom is 0.338 e. The molecule has 6 nitrogen and oxygen atoms in total. The molecule has 0 radical (unpaired) electrons. The molecule has 0 N–H and O–H groups in total. The predicted octanol–water partition coefficient (Wildman–Crippen LogP) is 2.22. The second-order valence-electron chi connectivity index (χ2n) is 6.98. The van der Waals surface area contributed by atoms with Crippen molar-refractivity contribution in [2.24, 2.45) is 0 Å². The highest BCUT2D eigenvalue weighted by molar-refractivity contribution is 5.91. The highest BCUT2D eigenvalue weighted by Gasteiger charge is 2.36. The quantitative estimate of drug-likeness (QED) is 0.767. The summed E-state index contributed by atoms with van der Waals surface area (Å²) >= 11 is 0. The second kappa shape index (κ2) is 8.03. The first-order chi connectivity index (χ1) is 12.5. The van der Waals surface area contributed by atoms with Crippen molar-refractivity contribution in [3.63, 3.8) is 0 Å². The molecule has 1 aromatic carbocycles. The van der Waals surface area contributed by atoms with Crippen LogP contribution in [0.15, 0.2) is 18.2 Å². The van der Waals surface area contributed by atoms with Gasteiger partial charge in [-0.2, -0.15) is 0 Å². The standard InChI is InChI=1S/C19H25FN2O4/c1-21(2)15-8-7-13(11-14(15)20)19(24)26-12-18(23)22-9-10-25-17-6-4-3-5-16(17)22/h7-8,11,16-17H,3-6,9-10,12H2,1-2H3/t16-,17+/m0/s1. The maximum absolute atomic E-state index is 14.0. The summed E-state index contributed by atoms with van der Waals surface area (Å²) in [5, 5.41) is 0. The molecule has 1 heterocycles. The number of morpholine rings is 1. The number of hydrogen-bond acceptors (Lipinski definition) is 5. The Labute approximate surface area is 152 Å². The molecule has 0 aromatic heterocycles. The van der Waals surface area contributed by atoms with E-state index in [2.05, 4.69) is 0 Å². The first-order valence-corrected chi connectivity index (χ1v) is 9.02. The Bertz CT molecular complexity index is 678. The fraction of sp³-hybridized carbons (Fsp3) is 0.579. The third-order valence-corrected chi connectivity index (χ3v) is 5.04.